The predicted octanol–water partition coefficient (Wildman–Crippen LogP) is 4.64. The third-order valence-corrected chi connectivity index (χ3v) is 7.90. The molecule has 0 aliphatic carbocycles. The molecule has 0 radical (unpaired) electrons. The van der Waals surface area contributed by atoms with Gasteiger partial charge in [-0.2, -0.15) is 0 Å². The largest absolute Gasteiger partial charge is 0.481 e. The van der Waals surface area contributed by atoms with Gasteiger partial charge < -0.3 is 9.84 Å². The maximum atomic E-state index is 12.0. The first kappa shape index (κ1) is 23.2. The average molecular weight is 490 g/mol. The Hall–Kier alpha value is -1.10. The van der Waals surface area contributed by atoms with Crippen molar-refractivity contribution in [3.8, 4) is 0 Å². The van der Waals surface area contributed by atoms with Gasteiger partial charge in [0.15, 0.2) is 5.82 Å². The number of hydrogen-bond acceptors (Lipinski definition) is 6. The average Bonchev–Trinajstić information content (AvgIpc) is 3.22. The molecule has 0 spiro atoms. The fraction of sp³-hybridized carbons (Fsp3) is 0.667. The highest BCUT2D eigenvalue weighted by molar-refractivity contribution is 9.11. The van der Waals surface area contributed by atoms with Crippen molar-refractivity contribution in [2.75, 3.05) is 6.61 Å². The monoisotopic (exact) mass is 488 g/mol. The highest BCUT2D eigenvalue weighted by Crippen LogP contribution is 2.34. The summed E-state index contributed by atoms with van der Waals surface area (Å²) in [4.78, 5) is 13.1. The quantitative estimate of drug-likeness (QED) is 0.345. The fourth-order valence-electron chi connectivity index (χ4n) is 3.00. The minimum atomic E-state index is -1.17. The number of ether oxygens (including phenoxy) is 1. The van der Waals surface area contributed by atoms with Crippen LogP contribution in [0, 0.1) is 5.92 Å². The molecule has 7 nitrogen and oxygen atoms in total. The van der Waals surface area contributed by atoms with Gasteiger partial charge in [-0.15, -0.1) is 16.4 Å². The van der Waals surface area contributed by atoms with E-state index in [1.54, 1.807) is 16.0 Å². The lowest BCUT2D eigenvalue weighted by atomic mass is 9.85. The van der Waals surface area contributed by atoms with Gasteiger partial charge in [-0.05, 0) is 57.4 Å². The molecule has 1 N–H and O–H groups in total. The molecule has 0 saturated carbocycles. The first-order chi connectivity index (χ1) is 13.2. The Morgan fingerprint density at radius 3 is 2.71 bits per heavy atom. The molecular formula is C18H29BrN4O3SSi. The van der Waals surface area contributed by atoms with E-state index in [9.17, 15) is 9.90 Å². The number of aliphatic carboxylic acids is 1. The van der Waals surface area contributed by atoms with Gasteiger partial charge in [-0.25, -0.2) is 4.68 Å². The van der Waals surface area contributed by atoms with Crippen LogP contribution < -0.4 is 0 Å². The molecule has 0 bridgehead atoms. The van der Waals surface area contributed by atoms with Crippen LogP contribution in [0.5, 0.6) is 0 Å². The molecular weight excluding hydrogens is 460 g/mol. The molecule has 156 valence electrons. The van der Waals surface area contributed by atoms with Crippen LogP contribution in [0.3, 0.4) is 0 Å². The van der Waals surface area contributed by atoms with E-state index in [4.69, 9.17) is 4.74 Å². The zero-order valence-electron chi connectivity index (χ0n) is 16.9. The highest BCUT2D eigenvalue weighted by Gasteiger charge is 2.33. The standard InChI is InChI=1S/C18H29BrN4O3SSi/c1-5-6-14(18(24)25)15(11-13-7-8-16(19)27-13)17-20-21-22-23(17)12-26-9-10-28(2,3)4/h7-8,14-15H,5-6,9-12H2,1-4H3,(H,24,25)/t14?,15-/m0/s1. The Labute approximate surface area is 179 Å². The second-order valence-electron chi connectivity index (χ2n) is 8.13. The summed E-state index contributed by atoms with van der Waals surface area (Å²) >= 11 is 5.09. The molecule has 1 unspecified atom stereocenters. The van der Waals surface area contributed by atoms with E-state index in [-0.39, 0.29) is 12.6 Å². The van der Waals surface area contributed by atoms with Gasteiger partial charge in [0.05, 0.1) is 9.70 Å². The lowest BCUT2D eigenvalue weighted by Crippen LogP contribution is -2.27. The second kappa shape index (κ2) is 10.6. The van der Waals surface area contributed by atoms with Gasteiger partial charge in [0.1, 0.15) is 6.73 Å². The number of carboxylic acid groups (broad SMARTS) is 1. The van der Waals surface area contributed by atoms with Crippen LogP contribution in [-0.4, -0.2) is 46.0 Å². The Morgan fingerprint density at radius 2 is 2.14 bits per heavy atom. The summed E-state index contributed by atoms with van der Waals surface area (Å²) in [5.41, 5.74) is 0. The van der Waals surface area contributed by atoms with Crippen molar-refractivity contribution >= 4 is 41.3 Å². The smallest absolute Gasteiger partial charge is 0.307 e. The summed E-state index contributed by atoms with van der Waals surface area (Å²) in [5.74, 6) is -1.08. The molecule has 0 aromatic carbocycles. The number of rotatable bonds is 12. The molecule has 2 heterocycles. The first-order valence-electron chi connectivity index (χ1n) is 9.52. The van der Waals surface area contributed by atoms with Crippen LogP contribution >= 0.6 is 27.3 Å². The van der Waals surface area contributed by atoms with E-state index < -0.39 is 20.0 Å². The predicted molar refractivity (Wildman–Crippen MR) is 116 cm³/mol. The topological polar surface area (TPSA) is 90.1 Å². The maximum absolute atomic E-state index is 12.0. The number of carboxylic acids is 1. The van der Waals surface area contributed by atoms with Gasteiger partial charge in [0.2, 0.25) is 0 Å². The Bertz CT molecular complexity index is 762. The van der Waals surface area contributed by atoms with Gasteiger partial charge >= 0.3 is 5.97 Å². The van der Waals surface area contributed by atoms with Crippen molar-refractivity contribution < 1.29 is 14.6 Å². The van der Waals surface area contributed by atoms with Crippen molar-refractivity contribution in [2.45, 2.75) is 64.5 Å². The molecule has 0 amide bonds. The summed E-state index contributed by atoms with van der Waals surface area (Å²) in [5, 5.41) is 21.9. The summed E-state index contributed by atoms with van der Waals surface area (Å²) in [6, 6.07) is 5.06. The van der Waals surface area contributed by atoms with Crippen molar-refractivity contribution in [3.63, 3.8) is 0 Å². The minimum absolute atomic E-state index is 0.246. The van der Waals surface area contributed by atoms with Crippen LogP contribution in [0.25, 0.3) is 0 Å². The van der Waals surface area contributed by atoms with E-state index in [1.807, 2.05) is 19.1 Å². The molecule has 2 rings (SSSR count). The normalized spacial score (nSPS) is 14.2. The third kappa shape index (κ3) is 7.05. The van der Waals surface area contributed by atoms with Gasteiger partial charge in [0, 0.05) is 25.5 Å². The number of aromatic nitrogens is 4. The molecule has 0 aliphatic rings. The van der Waals surface area contributed by atoms with Gasteiger partial charge in [0.25, 0.3) is 0 Å². The summed E-state index contributed by atoms with van der Waals surface area (Å²) < 4.78 is 8.44. The number of thiophene rings is 1. The van der Waals surface area contributed by atoms with E-state index in [2.05, 4.69) is 51.1 Å². The van der Waals surface area contributed by atoms with Crippen molar-refractivity contribution in [1.29, 1.82) is 0 Å². The molecule has 0 saturated heterocycles. The van der Waals surface area contributed by atoms with Crippen molar-refractivity contribution in [2.24, 2.45) is 5.92 Å². The molecule has 2 aromatic rings. The molecule has 28 heavy (non-hydrogen) atoms. The van der Waals surface area contributed by atoms with Crippen molar-refractivity contribution in [3.05, 3.63) is 26.6 Å². The zero-order chi connectivity index (χ0) is 20.7. The number of nitrogens with zero attached hydrogens (tertiary/aromatic N) is 4. The Morgan fingerprint density at radius 1 is 1.39 bits per heavy atom. The number of carbonyl (C=O) groups is 1. The summed E-state index contributed by atoms with van der Waals surface area (Å²) in [6.07, 6.45) is 1.95. The lowest BCUT2D eigenvalue weighted by molar-refractivity contribution is -0.143. The molecule has 2 atom stereocenters. The SMILES string of the molecule is CCCC(C(=O)O)[C@H](Cc1ccc(Br)s1)c1nnnn1COCC[Si](C)(C)C. The van der Waals surface area contributed by atoms with E-state index >= 15 is 0 Å². The van der Waals surface area contributed by atoms with Crippen molar-refractivity contribution in [1.82, 2.24) is 20.2 Å². The molecule has 0 fully saturated rings. The summed E-state index contributed by atoms with van der Waals surface area (Å²) in [7, 11) is -1.17. The van der Waals surface area contributed by atoms with E-state index in [0.717, 1.165) is 21.1 Å². The Kier molecular flexibility index (Phi) is 8.78. The molecule has 10 heteroatoms. The number of tetrazole rings is 1. The third-order valence-electron chi connectivity index (χ3n) is 4.55. The zero-order valence-corrected chi connectivity index (χ0v) is 20.3. The van der Waals surface area contributed by atoms with Crippen LogP contribution in [0.15, 0.2) is 15.9 Å². The van der Waals surface area contributed by atoms with Gasteiger partial charge in [-0.3, -0.25) is 4.79 Å². The minimum Gasteiger partial charge on any atom is -0.481 e. The lowest BCUT2D eigenvalue weighted by Gasteiger charge is -2.23. The van der Waals surface area contributed by atoms with E-state index in [0.29, 0.717) is 25.3 Å². The molecule has 0 aliphatic heterocycles. The number of halogens is 1. The highest BCUT2D eigenvalue weighted by atomic mass is 79.9. The van der Waals surface area contributed by atoms with E-state index in [1.165, 1.54) is 0 Å². The van der Waals surface area contributed by atoms with Gasteiger partial charge in [-0.1, -0.05) is 33.0 Å². The maximum Gasteiger partial charge on any atom is 0.307 e. The van der Waals surface area contributed by atoms with Crippen LogP contribution in [-0.2, 0) is 22.7 Å². The Balaban J connectivity index is 2.20. The second-order valence-corrected chi connectivity index (χ2v) is 16.3. The van der Waals surface area contributed by atoms with Crippen LogP contribution in [0.1, 0.15) is 36.4 Å². The molecule has 2 aromatic heterocycles. The first-order valence-corrected chi connectivity index (χ1v) is 14.8. The van der Waals surface area contributed by atoms with Crippen LogP contribution in [0.2, 0.25) is 25.7 Å². The fourth-order valence-corrected chi connectivity index (χ4v) is 5.30. The summed E-state index contributed by atoms with van der Waals surface area (Å²) in [6.45, 7) is 9.81. The number of hydrogen-bond donors (Lipinski definition) is 1. The van der Waals surface area contributed by atoms with Crippen LogP contribution in [0.4, 0.5) is 0 Å².